The first-order valence-corrected chi connectivity index (χ1v) is 15.4. The van der Waals surface area contributed by atoms with Gasteiger partial charge in [-0.15, -0.1) is 0 Å². The maximum absolute atomic E-state index is 6.46. The van der Waals surface area contributed by atoms with Crippen molar-refractivity contribution >= 4 is 11.4 Å². The van der Waals surface area contributed by atoms with Crippen LogP contribution in [0.25, 0.3) is 0 Å². The summed E-state index contributed by atoms with van der Waals surface area (Å²) < 4.78 is 6.46. The fraction of sp³-hybridized carbons (Fsp3) is 0.818. The van der Waals surface area contributed by atoms with Gasteiger partial charge in [0.25, 0.3) is 0 Å². The SMILES string of the molecule is CC(C)CCCC(C)C1CCC2C3CCC4CC(Oc5cc(N)ccc5N)CCC4(C)C3CCC12C. The van der Waals surface area contributed by atoms with Crippen molar-refractivity contribution in [1.82, 2.24) is 0 Å². The number of hydrogen-bond acceptors (Lipinski definition) is 3. The molecule has 5 rings (SSSR count). The minimum absolute atomic E-state index is 0.278. The third-order valence-electron chi connectivity index (χ3n) is 12.2. The Hall–Kier alpha value is -1.38. The largest absolute Gasteiger partial charge is 0.488 e. The van der Waals surface area contributed by atoms with E-state index in [2.05, 4.69) is 34.6 Å². The summed E-state index contributed by atoms with van der Waals surface area (Å²) >= 11 is 0. The summed E-state index contributed by atoms with van der Waals surface area (Å²) in [6, 6.07) is 5.64. The Morgan fingerprint density at radius 2 is 1.64 bits per heavy atom. The molecule has 0 radical (unpaired) electrons. The summed E-state index contributed by atoms with van der Waals surface area (Å²) in [5, 5.41) is 0. The van der Waals surface area contributed by atoms with Gasteiger partial charge in [-0.05, 0) is 122 Å². The second-order valence-corrected chi connectivity index (χ2v) is 14.5. The van der Waals surface area contributed by atoms with Gasteiger partial charge in [0.15, 0.2) is 0 Å². The number of benzene rings is 1. The first-order valence-electron chi connectivity index (χ1n) is 15.4. The van der Waals surface area contributed by atoms with Crippen molar-refractivity contribution in [2.45, 2.75) is 118 Å². The second kappa shape index (κ2) is 10.1. The second-order valence-electron chi connectivity index (χ2n) is 14.5. The van der Waals surface area contributed by atoms with Crippen LogP contribution in [-0.4, -0.2) is 6.10 Å². The quantitative estimate of drug-likeness (QED) is 0.372. The molecule has 4 aliphatic rings. The van der Waals surface area contributed by atoms with Crippen LogP contribution in [0.3, 0.4) is 0 Å². The fourth-order valence-electron chi connectivity index (χ4n) is 10.2. The van der Waals surface area contributed by atoms with E-state index in [9.17, 15) is 0 Å². The molecule has 0 heterocycles. The minimum atomic E-state index is 0.278. The van der Waals surface area contributed by atoms with Crippen LogP contribution >= 0.6 is 0 Å². The summed E-state index contributed by atoms with van der Waals surface area (Å²) in [5.41, 5.74) is 14.7. The molecule has 4 fully saturated rings. The number of ether oxygens (including phenoxy) is 1. The average molecular weight is 495 g/mol. The highest BCUT2D eigenvalue weighted by atomic mass is 16.5. The highest BCUT2D eigenvalue weighted by Crippen LogP contribution is 2.68. The van der Waals surface area contributed by atoms with Crippen molar-refractivity contribution in [3.8, 4) is 5.75 Å². The molecular formula is C33H54N2O. The molecule has 1 aromatic rings. The number of rotatable bonds is 7. The van der Waals surface area contributed by atoms with Crippen molar-refractivity contribution in [3.63, 3.8) is 0 Å². The van der Waals surface area contributed by atoms with E-state index in [-0.39, 0.29) is 6.10 Å². The first kappa shape index (κ1) is 26.2. The molecule has 0 spiro atoms. The van der Waals surface area contributed by atoms with Crippen LogP contribution in [0.1, 0.15) is 112 Å². The summed E-state index contributed by atoms with van der Waals surface area (Å²) in [6.45, 7) is 12.7. The topological polar surface area (TPSA) is 61.3 Å². The van der Waals surface area contributed by atoms with E-state index in [0.29, 0.717) is 16.5 Å². The van der Waals surface area contributed by atoms with Crippen molar-refractivity contribution in [2.24, 2.45) is 52.3 Å². The highest BCUT2D eigenvalue weighted by Gasteiger charge is 2.60. The van der Waals surface area contributed by atoms with Crippen LogP contribution in [0.5, 0.6) is 5.75 Å². The lowest BCUT2D eigenvalue weighted by Gasteiger charge is -2.61. The Balaban J connectivity index is 1.24. The van der Waals surface area contributed by atoms with Crippen LogP contribution < -0.4 is 16.2 Å². The van der Waals surface area contributed by atoms with Crippen LogP contribution in [-0.2, 0) is 0 Å². The van der Waals surface area contributed by atoms with E-state index in [1.54, 1.807) is 0 Å². The Kier molecular flexibility index (Phi) is 7.33. The van der Waals surface area contributed by atoms with Crippen LogP contribution in [0.2, 0.25) is 0 Å². The van der Waals surface area contributed by atoms with Crippen LogP contribution in [0, 0.1) is 52.3 Å². The van der Waals surface area contributed by atoms with Gasteiger partial charge in [-0.3, -0.25) is 0 Å². The maximum atomic E-state index is 6.46. The Labute approximate surface area is 221 Å². The molecule has 4 N–H and O–H groups in total. The lowest BCUT2D eigenvalue weighted by atomic mass is 9.44. The predicted octanol–water partition coefficient (Wildman–Crippen LogP) is 8.72. The molecule has 3 nitrogen and oxygen atoms in total. The van der Waals surface area contributed by atoms with Gasteiger partial charge < -0.3 is 16.2 Å². The third kappa shape index (κ3) is 4.66. The molecule has 0 bridgehead atoms. The Bertz CT molecular complexity index is 913. The van der Waals surface area contributed by atoms with Gasteiger partial charge in [-0.2, -0.15) is 0 Å². The smallest absolute Gasteiger partial charge is 0.144 e. The molecule has 1 aromatic carbocycles. The molecular weight excluding hydrogens is 440 g/mol. The summed E-state index contributed by atoms with van der Waals surface area (Å²) in [5.74, 6) is 7.11. The van der Waals surface area contributed by atoms with E-state index >= 15 is 0 Å². The Morgan fingerprint density at radius 1 is 0.889 bits per heavy atom. The standard InChI is InChI=1S/C33H54N2O/c1-21(2)7-6-8-22(3)27-12-13-28-26-11-9-23-19-25(36-31-20-24(34)10-14-30(31)35)15-17-32(23,4)29(26)16-18-33(27,28)5/h10,14,20-23,25-29H,6-9,11-13,15-19,34-35H2,1-5H3. The van der Waals surface area contributed by atoms with Crippen molar-refractivity contribution in [2.75, 3.05) is 11.5 Å². The van der Waals surface area contributed by atoms with Crippen LogP contribution in [0.4, 0.5) is 11.4 Å². The number of nitrogens with two attached hydrogens (primary N) is 2. The molecule has 0 saturated heterocycles. The number of fused-ring (bicyclic) bond motifs is 5. The molecule has 3 heteroatoms. The highest BCUT2D eigenvalue weighted by molar-refractivity contribution is 5.59. The normalized spacial score (nSPS) is 40.8. The molecule has 0 aliphatic heterocycles. The molecule has 0 amide bonds. The number of nitrogen functional groups attached to an aromatic ring is 2. The van der Waals surface area contributed by atoms with Crippen molar-refractivity contribution in [3.05, 3.63) is 18.2 Å². The zero-order valence-electron chi connectivity index (χ0n) is 23.9. The predicted molar refractivity (Wildman–Crippen MR) is 153 cm³/mol. The van der Waals surface area contributed by atoms with Gasteiger partial charge >= 0.3 is 0 Å². The molecule has 9 atom stereocenters. The molecule has 0 aromatic heterocycles. The average Bonchev–Trinajstić information content (AvgIpc) is 3.18. The number of hydrogen-bond donors (Lipinski definition) is 2. The first-order chi connectivity index (χ1) is 17.1. The van der Waals surface area contributed by atoms with Gasteiger partial charge in [-0.25, -0.2) is 0 Å². The van der Waals surface area contributed by atoms with E-state index in [4.69, 9.17) is 16.2 Å². The summed E-state index contributed by atoms with van der Waals surface area (Å²) in [4.78, 5) is 0. The van der Waals surface area contributed by atoms with E-state index in [0.717, 1.165) is 59.3 Å². The van der Waals surface area contributed by atoms with Crippen LogP contribution in [0.15, 0.2) is 18.2 Å². The summed E-state index contributed by atoms with van der Waals surface area (Å²) in [6.07, 6.45) is 17.0. The monoisotopic (exact) mass is 494 g/mol. The van der Waals surface area contributed by atoms with Gasteiger partial charge in [0.05, 0.1) is 11.8 Å². The van der Waals surface area contributed by atoms with Crippen molar-refractivity contribution in [1.29, 1.82) is 0 Å². The number of anilines is 2. The molecule has 9 unspecified atom stereocenters. The zero-order valence-corrected chi connectivity index (χ0v) is 23.9. The van der Waals surface area contributed by atoms with Gasteiger partial charge in [-0.1, -0.05) is 53.9 Å². The van der Waals surface area contributed by atoms with Gasteiger partial charge in [0.1, 0.15) is 5.75 Å². The zero-order chi connectivity index (χ0) is 25.7. The van der Waals surface area contributed by atoms with E-state index in [1.165, 1.54) is 70.6 Å². The molecule has 4 saturated carbocycles. The lowest BCUT2D eigenvalue weighted by molar-refractivity contribution is -0.126. The fourth-order valence-corrected chi connectivity index (χ4v) is 10.2. The Morgan fingerprint density at radius 3 is 2.42 bits per heavy atom. The summed E-state index contributed by atoms with van der Waals surface area (Å²) in [7, 11) is 0. The molecule has 36 heavy (non-hydrogen) atoms. The van der Waals surface area contributed by atoms with E-state index in [1.807, 2.05) is 18.2 Å². The molecule has 202 valence electrons. The van der Waals surface area contributed by atoms with Crippen molar-refractivity contribution < 1.29 is 4.74 Å². The third-order valence-corrected chi connectivity index (χ3v) is 12.2. The maximum Gasteiger partial charge on any atom is 0.144 e. The lowest BCUT2D eigenvalue weighted by Crippen LogP contribution is -2.54. The minimum Gasteiger partial charge on any atom is -0.488 e. The van der Waals surface area contributed by atoms with E-state index < -0.39 is 0 Å². The van der Waals surface area contributed by atoms with Gasteiger partial charge in [0.2, 0.25) is 0 Å². The van der Waals surface area contributed by atoms with Gasteiger partial charge in [0, 0.05) is 11.8 Å². The molecule has 4 aliphatic carbocycles.